The van der Waals surface area contributed by atoms with Crippen LogP contribution >= 0.6 is 11.8 Å². The van der Waals surface area contributed by atoms with Crippen LogP contribution in [-0.2, 0) is 4.79 Å². The molecule has 1 heterocycles. The van der Waals surface area contributed by atoms with E-state index in [0.717, 1.165) is 23.1 Å². The highest BCUT2D eigenvalue weighted by atomic mass is 32.2. The molecule has 10 heteroatoms. The van der Waals surface area contributed by atoms with Crippen molar-refractivity contribution >= 4 is 46.0 Å². The molecule has 2 aromatic carbocycles. The number of unbranched alkanes of at least 4 members (excludes halogenated alkanes) is 1. The van der Waals surface area contributed by atoms with Crippen molar-refractivity contribution in [2.45, 2.75) is 30.7 Å². The summed E-state index contributed by atoms with van der Waals surface area (Å²) in [5, 5.41) is 21.4. The molecule has 0 bridgehead atoms. The highest BCUT2D eigenvalue weighted by Crippen LogP contribution is 2.42. The number of rotatable bonds is 8. The van der Waals surface area contributed by atoms with E-state index < -0.39 is 28.7 Å². The fourth-order valence-electron chi connectivity index (χ4n) is 3.23. The molecule has 9 nitrogen and oxygen atoms in total. The minimum absolute atomic E-state index is 0.0979. The molecule has 1 aliphatic rings. The number of carbonyl (C=O) groups is 3. The van der Waals surface area contributed by atoms with E-state index in [1.165, 1.54) is 6.07 Å². The Balaban J connectivity index is 2.20. The van der Waals surface area contributed by atoms with Crippen molar-refractivity contribution in [2.24, 2.45) is 5.73 Å². The molecule has 2 amide bonds. The topological polar surface area (TPSA) is 144 Å². The SMILES string of the molecule is CCCCN1C(=O)c2cccc3c(SC[C@H](N)C(=O)O)c([N+](=O)[O-])cc(c23)C1=O. The van der Waals surface area contributed by atoms with Gasteiger partial charge in [0.15, 0.2) is 0 Å². The number of hydrogen-bond acceptors (Lipinski definition) is 7. The van der Waals surface area contributed by atoms with Crippen molar-refractivity contribution in [1.29, 1.82) is 0 Å². The van der Waals surface area contributed by atoms with Gasteiger partial charge in [0, 0.05) is 34.7 Å². The zero-order valence-corrected chi connectivity index (χ0v) is 16.4. The highest BCUT2D eigenvalue weighted by Gasteiger charge is 2.36. The van der Waals surface area contributed by atoms with Crippen LogP contribution in [0, 0.1) is 10.1 Å². The summed E-state index contributed by atoms with van der Waals surface area (Å²) in [5.74, 6) is -2.32. The maximum absolute atomic E-state index is 12.9. The molecule has 0 fully saturated rings. The van der Waals surface area contributed by atoms with E-state index in [1.54, 1.807) is 18.2 Å². The van der Waals surface area contributed by atoms with Crippen LogP contribution in [0.4, 0.5) is 5.69 Å². The molecule has 1 atom stereocenters. The Kier molecular flexibility index (Phi) is 5.85. The Morgan fingerprint density at radius 2 is 2.00 bits per heavy atom. The summed E-state index contributed by atoms with van der Waals surface area (Å²) in [6, 6.07) is 4.74. The summed E-state index contributed by atoms with van der Waals surface area (Å²) in [4.78, 5) is 49.2. The first kappa shape index (κ1) is 20.7. The lowest BCUT2D eigenvalue weighted by atomic mass is 9.93. The van der Waals surface area contributed by atoms with Gasteiger partial charge in [-0.15, -0.1) is 11.8 Å². The number of aliphatic carboxylic acids is 1. The molecule has 1 aliphatic heterocycles. The Hall–Kier alpha value is -2.98. The Labute approximate surface area is 170 Å². The van der Waals surface area contributed by atoms with Gasteiger partial charge >= 0.3 is 5.97 Å². The van der Waals surface area contributed by atoms with Crippen LogP contribution < -0.4 is 5.73 Å². The van der Waals surface area contributed by atoms with Crippen molar-refractivity contribution in [3.63, 3.8) is 0 Å². The third kappa shape index (κ3) is 3.68. The standard InChI is InChI=1S/C19H19N3O6S/c1-2-3-7-21-17(23)11-6-4-5-10-15(11)12(18(21)24)8-14(22(27)28)16(10)29-9-13(20)19(25)26/h4-6,8,13H,2-3,7,9,20H2,1H3,(H,25,26)/t13-/m0/s1. The normalized spacial score (nSPS) is 14.3. The van der Waals surface area contributed by atoms with Crippen molar-refractivity contribution in [2.75, 3.05) is 12.3 Å². The summed E-state index contributed by atoms with van der Waals surface area (Å²) in [5.41, 5.74) is 5.62. The van der Waals surface area contributed by atoms with Crippen molar-refractivity contribution < 1.29 is 24.4 Å². The summed E-state index contributed by atoms with van der Waals surface area (Å²) >= 11 is 0.927. The number of carbonyl (C=O) groups excluding carboxylic acids is 2. The number of benzene rings is 2. The third-order valence-corrected chi connectivity index (χ3v) is 5.94. The molecule has 0 aromatic heterocycles. The lowest BCUT2D eigenvalue weighted by molar-refractivity contribution is -0.387. The summed E-state index contributed by atoms with van der Waals surface area (Å²) in [6.07, 6.45) is 1.42. The van der Waals surface area contributed by atoms with Crippen LogP contribution in [0.3, 0.4) is 0 Å². The van der Waals surface area contributed by atoms with Crippen LogP contribution in [0.5, 0.6) is 0 Å². The first-order valence-corrected chi connectivity index (χ1v) is 9.98. The molecule has 0 spiro atoms. The van der Waals surface area contributed by atoms with E-state index in [4.69, 9.17) is 10.8 Å². The van der Waals surface area contributed by atoms with E-state index >= 15 is 0 Å². The average molecular weight is 417 g/mol. The number of nitro groups is 1. The van der Waals surface area contributed by atoms with E-state index in [9.17, 15) is 24.5 Å². The predicted molar refractivity (Wildman–Crippen MR) is 107 cm³/mol. The third-order valence-electron chi connectivity index (χ3n) is 4.70. The fraction of sp³-hybridized carbons (Fsp3) is 0.316. The Bertz CT molecular complexity index is 1040. The molecule has 3 rings (SSSR count). The number of hydrogen-bond donors (Lipinski definition) is 2. The minimum atomic E-state index is -1.22. The van der Waals surface area contributed by atoms with Gasteiger partial charge in [-0.1, -0.05) is 25.5 Å². The predicted octanol–water partition coefficient (Wildman–Crippen LogP) is 2.65. The number of carboxylic acids is 1. The number of thioether (sulfide) groups is 1. The molecule has 3 N–H and O–H groups in total. The van der Waals surface area contributed by atoms with Gasteiger partial charge < -0.3 is 10.8 Å². The number of imide groups is 1. The lowest BCUT2D eigenvalue weighted by Gasteiger charge is -2.27. The molecule has 152 valence electrons. The smallest absolute Gasteiger partial charge is 0.321 e. The first-order valence-electron chi connectivity index (χ1n) is 8.99. The van der Waals surface area contributed by atoms with Crippen molar-refractivity contribution in [3.8, 4) is 0 Å². The summed E-state index contributed by atoms with van der Waals surface area (Å²) in [7, 11) is 0. The van der Waals surface area contributed by atoms with E-state index in [2.05, 4.69) is 0 Å². The van der Waals surface area contributed by atoms with E-state index in [1.807, 2.05) is 6.92 Å². The van der Waals surface area contributed by atoms with Gasteiger partial charge in [-0.3, -0.25) is 29.4 Å². The first-order chi connectivity index (χ1) is 13.8. The summed E-state index contributed by atoms with van der Waals surface area (Å²) < 4.78 is 0. The molecule has 0 aliphatic carbocycles. The van der Waals surface area contributed by atoms with E-state index in [-0.39, 0.29) is 28.4 Å². The van der Waals surface area contributed by atoms with Gasteiger partial charge in [0.1, 0.15) is 6.04 Å². The Morgan fingerprint density at radius 3 is 2.62 bits per heavy atom. The van der Waals surface area contributed by atoms with Gasteiger partial charge in [-0.05, 0) is 12.5 Å². The maximum Gasteiger partial charge on any atom is 0.321 e. The lowest BCUT2D eigenvalue weighted by Crippen LogP contribution is -2.41. The largest absolute Gasteiger partial charge is 0.480 e. The molecule has 0 saturated heterocycles. The van der Waals surface area contributed by atoms with Gasteiger partial charge in [0.25, 0.3) is 17.5 Å². The van der Waals surface area contributed by atoms with Gasteiger partial charge in [-0.25, -0.2) is 0 Å². The zero-order chi connectivity index (χ0) is 21.3. The van der Waals surface area contributed by atoms with Gasteiger partial charge in [0.2, 0.25) is 0 Å². The number of nitro benzene ring substituents is 1. The number of amides is 2. The number of nitrogens with two attached hydrogens (primary N) is 1. The van der Waals surface area contributed by atoms with Crippen LogP contribution in [0.1, 0.15) is 40.5 Å². The minimum Gasteiger partial charge on any atom is -0.480 e. The number of nitrogens with zero attached hydrogens (tertiary/aromatic N) is 2. The highest BCUT2D eigenvalue weighted by molar-refractivity contribution is 7.99. The monoisotopic (exact) mass is 417 g/mol. The van der Waals surface area contributed by atoms with Crippen LogP contribution in [-0.4, -0.2) is 51.1 Å². The zero-order valence-electron chi connectivity index (χ0n) is 15.6. The fourth-order valence-corrected chi connectivity index (χ4v) is 4.32. The molecular weight excluding hydrogens is 398 g/mol. The van der Waals surface area contributed by atoms with E-state index in [0.29, 0.717) is 22.8 Å². The van der Waals surface area contributed by atoms with Crippen molar-refractivity contribution in [3.05, 3.63) is 45.5 Å². The van der Waals surface area contributed by atoms with Crippen LogP contribution in [0.25, 0.3) is 10.8 Å². The average Bonchev–Trinajstić information content (AvgIpc) is 2.69. The Morgan fingerprint density at radius 1 is 1.31 bits per heavy atom. The van der Waals surface area contributed by atoms with Crippen molar-refractivity contribution in [1.82, 2.24) is 4.90 Å². The van der Waals surface area contributed by atoms with Gasteiger partial charge in [0.05, 0.1) is 15.4 Å². The molecule has 0 unspecified atom stereocenters. The van der Waals surface area contributed by atoms with Crippen LogP contribution in [0.15, 0.2) is 29.2 Å². The maximum atomic E-state index is 12.9. The van der Waals surface area contributed by atoms with Gasteiger partial charge in [-0.2, -0.15) is 0 Å². The molecule has 2 aromatic rings. The summed E-state index contributed by atoms with van der Waals surface area (Å²) in [6.45, 7) is 2.17. The second kappa shape index (κ2) is 8.18. The quantitative estimate of drug-likeness (QED) is 0.289. The van der Waals surface area contributed by atoms with Crippen LogP contribution in [0.2, 0.25) is 0 Å². The second-order valence-electron chi connectivity index (χ2n) is 6.63. The number of carboxylic acid groups (broad SMARTS) is 1. The second-order valence-corrected chi connectivity index (χ2v) is 7.66. The molecule has 29 heavy (non-hydrogen) atoms. The molecular formula is C19H19N3O6S. The molecule has 0 saturated carbocycles. The molecule has 0 radical (unpaired) electrons.